The molecule has 2 N–H and O–H groups in total. The van der Waals surface area contributed by atoms with E-state index in [1.54, 1.807) is 6.92 Å². The van der Waals surface area contributed by atoms with Crippen molar-refractivity contribution >= 4 is 0 Å². The minimum atomic E-state index is -0.269. The monoisotopic (exact) mass is 140 g/mol. The minimum Gasteiger partial charge on any atom is -0.493 e. The topological polar surface area (TPSA) is 66.0 Å². The summed E-state index contributed by atoms with van der Waals surface area (Å²) in [6, 6.07) is 0. The molecule has 0 atom stereocenters. The Hall–Kier alpha value is -1.32. The van der Waals surface area contributed by atoms with Crippen LogP contribution in [0.15, 0.2) is 11.1 Å². The number of aromatic hydroxyl groups is 1. The van der Waals surface area contributed by atoms with Crippen LogP contribution >= 0.6 is 0 Å². The molecule has 4 nitrogen and oxygen atoms in total. The molecule has 0 saturated carbocycles. The Labute approximate surface area is 57.6 Å². The van der Waals surface area contributed by atoms with Gasteiger partial charge in [0, 0.05) is 0 Å². The predicted molar refractivity (Wildman–Crippen MR) is 35.9 cm³/mol. The standard InChI is InChI=1S/C6H8N2O2/c1-2-4-5(9)7-3-8-6(4)10/h3H,2H2,1H3,(H2,7,8,9,10). The quantitative estimate of drug-likeness (QED) is 0.578. The predicted octanol–water partition coefficient (Wildman–Crippen LogP) is 0.0379. The largest absolute Gasteiger partial charge is 0.493 e. The SMILES string of the molecule is CCc1c(O)nc[nH]c1=O. The van der Waals surface area contributed by atoms with Gasteiger partial charge in [-0.1, -0.05) is 6.92 Å². The van der Waals surface area contributed by atoms with Gasteiger partial charge in [0.15, 0.2) is 0 Å². The second-order valence-electron chi connectivity index (χ2n) is 1.89. The van der Waals surface area contributed by atoms with Gasteiger partial charge in [-0.3, -0.25) is 4.79 Å². The summed E-state index contributed by atoms with van der Waals surface area (Å²) in [5, 5.41) is 8.96. The van der Waals surface area contributed by atoms with Crippen LogP contribution in [0.25, 0.3) is 0 Å². The highest BCUT2D eigenvalue weighted by Gasteiger charge is 2.02. The van der Waals surface area contributed by atoms with Crippen molar-refractivity contribution < 1.29 is 5.11 Å². The maximum atomic E-state index is 10.8. The van der Waals surface area contributed by atoms with E-state index in [1.165, 1.54) is 6.33 Å². The van der Waals surface area contributed by atoms with Crippen molar-refractivity contribution in [2.75, 3.05) is 0 Å². The summed E-state index contributed by atoms with van der Waals surface area (Å²) in [5.74, 6) is -0.175. The molecule has 0 aliphatic heterocycles. The maximum Gasteiger partial charge on any atom is 0.257 e. The lowest BCUT2D eigenvalue weighted by atomic mass is 10.2. The second-order valence-corrected chi connectivity index (χ2v) is 1.89. The van der Waals surface area contributed by atoms with E-state index >= 15 is 0 Å². The van der Waals surface area contributed by atoms with Crippen LogP contribution in [0.4, 0.5) is 0 Å². The zero-order valence-electron chi connectivity index (χ0n) is 5.59. The zero-order chi connectivity index (χ0) is 7.56. The van der Waals surface area contributed by atoms with E-state index in [0.717, 1.165) is 0 Å². The summed E-state index contributed by atoms with van der Waals surface area (Å²) in [6.45, 7) is 1.78. The molecule has 0 aliphatic carbocycles. The fourth-order valence-corrected chi connectivity index (χ4v) is 0.737. The molecule has 1 aromatic rings. The van der Waals surface area contributed by atoms with Gasteiger partial charge in [0.2, 0.25) is 5.88 Å². The lowest BCUT2D eigenvalue weighted by Gasteiger charge is -1.94. The highest BCUT2D eigenvalue weighted by Crippen LogP contribution is 2.05. The maximum absolute atomic E-state index is 10.8. The van der Waals surface area contributed by atoms with Gasteiger partial charge in [-0.2, -0.15) is 0 Å². The highest BCUT2D eigenvalue weighted by molar-refractivity contribution is 5.19. The van der Waals surface area contributed by atoms with E-state index in [9.17, 15) is 4.79 Å². The molecule has 0 saturated heterocycles. The Morgan fingerprint density at radius 1 is 1.80 bits per heavy atom. The molecule has 0 amide bonds. The minimum absolute atomic E-state index is 0.175. The van der Waals surface area contributed by atoms with Gasteiger partial charge < -0.3 is 10.1 Å². The molecule has 0 radical (unpaired) electrons. The van der Waals surface area contributed by atoms with Crippen LogP contribution in [-0.4, -0.2) is 15.1 Å². The van der Waals surface area contributed by atoms with E-state index in [0.29, 0.717) is 12.0 Å². The van der Waals surface area contributed by atoms with Crippen LogP contribution in [0.5, 0.6) is 5.88 Å². The van der Waals surface area contributed by atoms with Crippen molar-refractivity contribution in [3.05, 3.63) is 22.2 Å². The van der Waals surface area contributed by atoms with E-state index in [2.05, 4.69) is 9.97 Å². The van der Waals surface area contributed by atoms with E-state index in [-0.39, 0.29) is 11.4 Å². The number of hydrogen-bond donors (Lipinski definition) is 2. The lowest BCUT2D eigenvalue weighted by Crippen LogP contribution is -2.11. The van der Waals surface area contributed by atoms with E-state index in [4.69, 9.17) is 5.11 Å². The first-order valence-electron chi connectivity index (χ1n) is 3.01. The molecule has 10 heavy (non-hydrogen) atoms. The third-order valence-corrected chi connectivity index (χ3v) is 1.28. The van der Waals surface area contributed by atoms with Crippen molar-refractivity contribution in [2.24, 2.45) is 0 Å². The summed E-state index contributed by atoms with van der Waals surface area (Å²) < 4.78 is 0. The average Bonchev–Trinajstić information content (AvgIpc) is 1.88. The Kier molecular flexibility index (Phi) is 1.71. The van der Waals surface area contributed by atoms with Gasteiger partial charge in [0.1, 0.15) is 0 Å². The summed E-state index contributed by atoms with van der Waals surface area (Å²) in [7, 11) is 0. The fourth-order valence-electron chi connectivity index (χ4n) is 0.737. The van der Waals surface area contributed by atoms with Gasteiger partial charge in [-0.05, 0) is 6.42 Å². The van der Waals surface area contributed by atoms with Gasteiger partial charge in [-0.15, -0.1) is 0 Å². The molecule has 0 spiro atoms. The van der Waals surface area contributed by atoms with Gasteiger partial charge in [-0.25, -0.2) is 4.98 Å². The summed E-state index contributed by atoms with van der Waals surface area (Å²) in [5.41, 5.74) is 0.0671. The normalized spacial score (nSPS) is 9.70. The lowest BCUT2D eigenvalue weighted by molar-refractivity contribution is 0.443. The van der Waals surface area contributed by atoms with Crippen LogP contribution < -0.4 is 5.56 Å². The molecule has 0 unspecified atom stereocenters. The summed E-state index contributed by atoms with van der Waals surface area (Å²) >= 11 is 0. The molecule has 54 valence electrons. The first kappa shape index (κ1) is 6.80. The number of nitrogens with zero attached hydrogens (tertiary/aromatic N) is 1. The van der Waals surface area contributed by atoms with Crippen molar-refractivity contribution in [1.82, 2.24) is 9.97 Å². The van der Waals surface area contributed by atoms with E-state index < -0.39 is 0 Å². The Morgan fingerprint density at radius 3 is 2.90 bits per heavy atom. The molecule has 4 heteroatoms. The number of aromatic nitrogens is 2. The molecule has 0 aromatic carbocycles. The van der Waals surface area contributed by atoms with Crippen LogP contribution in [0, 0.1) is 0 Å². The Bertz CT molecular complexity index is 279. The molecule has 0 aliphatic rings. The molecule has 0 bridgehead atoms. The number of nitrogens with one attached hydrogen (secondary N) is 1. The molecular formula is C6H8N2O2. The van der Waals surface area contributed by atoms with Crippen molar-refractivity contribution in [3.8, 4) is 5.88 Å². The average molecular weight is 140 g/mol. The van der Waals surface area contributed by atoms with Crippen LogP contribution in [0.3, 0.4) is 0 Å². The highest BCUT2D eigenvalue weighted by atomic mass is 16.3. The molecular weight excluding hydrogens is 132 g/mol. The van der Waals surface area contributed by atoms with Crippen molar-refractivity contribution in [1.29, 1.82) is 0 Å². The molecule has 1 heterocycles. The van der Waals surface area contributed by atoms with Crippen LogP contribution in [0.2, 0.25) is 0 Å². The molecule has 1 rings (SSSR count). The molecule has 1 aromatic heterocycles. The number of aromatic amines is 1. The van der Waals surface area contributed by atoms with Gasteiger partial charge >= 0.3 is 0 Å². The zero-order valence-corrected chi connectivity index (χ0v) is 5.59. The Morgan fingerprint density at radius 2 is 2.50 bits per heavy atom. The number of hydrogen-bond acceptors (Lipinski definition) is 3. The number of rotatable bonds is 1. The van der Waals surface area contributed by atoms with Crippen LogP contribution in [0.1, 0.15) is 12.5 Å². The van der Waals surface area contributed by atoms with Gasteiger partial charge in [0.05, 0.1) is 11.9 Å². The van der Waals surface area contributed by atoms with Crippen molar-refractivity contribution in [3.63, 3.8) is 0 Å². The smallest absolute Gasteiger partial charge is 0.257 e. The summed E-state index contributed by atoms with van der Waals surface area (Å²) in [4.78, 5) is 16.7. The Balaban J connectivity index is 3.31. The summed E-state index contributed by atoms with van der Waals surface area (Å²) in [6.07, 6.45) is 1.67. The third-order valence-electron chi connectivity index (χ3n) is 1.28. The fraction of sp³-hybridized carbons (Fsp3) is 0.333. The van der Waals surface area contributed by atoms with Gasteiger partial charge in [0.25, 0.3) is 5.56 Å². The van der Waals surface area contributed by atoms with Crippen LogP contribution in [-0.2, 0) is 6.42 Å². The third kappa shape index (κ3) is 1.00. The first-order chi connectivity index (χ1) is 4.75. The first-order valence-corrected chi connectivity index (χ1v) is 3.01. The van der Waals surface area contributed by atoms with Crippen molar-refractivity contribution in [2.45, 2.75) is 13.3 Å². The van der Waals surface area contributed by atoms with E-state index in [1.807, 2.05) is 0 Å². The second kappa shape index (κ2) is 2.51. The number of H-pyrrole nitrogens is 1. The molecule has 0 fully saturated rings.